The Hall–Kier alpha value is -1.62. The molecule has 0 aromatic rings. The lowest BCUT2D eigenvalue weighted by molar-refractivity contribution is -0.162. The van der Waals surface area contributed by atoms with Crippen molar-refractivity contribution in [1.29, 1.82) is 0 Å². The van der Waals surface area contributed by atoms with E-state index in [2.05, 4.69) is 38.2 Å². The summed E-state index contributed by atoms with van der Waals surface area (Å²) in [6.45, 7) is 4.81. The summed E-state index contributed by atoms with van der Waals surface area (Å²) in [5.41, 5.74) is 0. The lowest BCUT2D eigenvalue weighted by Gasteiger charge is -2.17. The zero-order valence-corrected chi connectivity index (χ0v) is 28.7. The van der Waals surface area contributed by atoms with Gasteiger partial charge in [0.1, 0.15) is 6.61 Å². The predicted octanol–water partition coefficient (Wildman–Crippen LogP) is 11.4. The summed E-state index contributed by atoms with van der Waals surface area (Å²) in [4.78, 5) is 24.4. The summed E-state index contributed by atoms with van der Waals surface area (Å²) in [5.74, 6) is -0.450. The smallest absolute Gasteiger partial charge is 0.306 e. The molecule has 0 bridgehead atoms. The van der Waals surface area contributed by atoms with Crippen LogP contribution in [-0.4, -0.2) is 38.4 Å². The molecule has 5 nitrogen and oxygen atoms in total. The molecule has 1 unspecified atom stereocenters. The number of hydrogen-bond acceptors (Lipinski definition) is 5. The van der Waals surface area contributed by atoms with Gasteiger partial charge in [-0.05, 0) is 44.9 Å². The van der Waals surface area contributed by atoms with Crippen LogP contribution in [0.2, 0.25) is 0 Å². The minimum Gasteiger partial charge on any atom is -0.462 e. The van der Waals surface area contributed by atoms with Crippen molar-refractivity contribution < 1.29 is 23.8 Å². The summed E-state index contributed by atoms with van der Waals surface area (Å²) in [5, 5.41) is 0. The summed E-state index contributed by atoms with van der Waals surface area (Å²) >= 11 is 0. The number of allylic oxidation sites excluding steroid dienone is 4. The minimum atomic E-state index is -0.536. The Bertz CT molecular complexity index is 657. The van der Waals surface area contributed by atoms with Crippen LogP contribution in [0, 0.1) is 0 Å². The fraction of sp³-hybridized carbons (Fsp3) is 0.842. The van der Waals surface area contributed by atoms with E-state index in [9.17, 15) is 9.59 Å². The van der Waals surface area contributed by atoms with Gasteiger partial charge in [-0.2, -0.15) is 0 Å². The molecule has 0 amide bonds. The van der Waals surface area contributed by atoms with E-state index in [4.69, 9.17) is 14.2 Å². The van der Waals surface area contributed by atoms with Crippen LogP contribution < -0.4 is 0 Å². The third kappa shape index (κ3) is 33.1. The second kappa shape index (κ2) is 34.9. The first-order chi connectivity index (χ1) is 21.1. The molecular weight excluding hydrogens is 536 g/mol. The lowest BCUT2D eigenvalue weighted by atomic mass is 10.0. The average Bonchev–Trinajstić information content (AvgIpc) is 3.00. The van der Waals surface area contributed by atoms with Gasteiger partial charge >= 0.3 is 11.9 Å². The lowest BCUT2D eigenvalue weighted by Crippen LogP contribution is -2.29. The van der Waals surface area contributed by atoms with Crippen LogP contribution in [0.15, 0.2) is 24.3 Å². The highest BCUT2D eigenvalue weighted by atomic mass is 16.6. The standard InChI is InChI=1S/C38H70O5/c1-4-6-8-10-12-14-16-18-19-21-23-25-27-29-31-33-38(40)43-36(34-41-3)35-42-37(39)32-30-28-26-24-22-20-17-15-13-11-9-7-5-2/h12,14,18-19,36H,4-11,13,15-17,20-35H2,1-3H3/b14-12-,19-18-. The molecule has 43 heavy (non-hydrogen) atoms. The molecule has 0 radical (unpaired) electrons. The second-order valence-corrected chi connectivity index (χ2v) is 12.2. The van der Waals surface area contributed by atoms with Crippen LogP contribution >= 0.6 is 0 Å². The first-order valence-electron chi connectivity index (χ1n) is 18.3. The summed E-state index contributed by atoms with van der Waals surface area (Å²) in [6, 6.07) is 0. The first-order valence-corrected chi connectivity index (χ1v) is 18.3. The Morgan fingerprint density at radius 1 is 0.512 bits per heavy atom. The summed E-state index contributed by atoms with van der Waals surface area (Å²) < 4.78 is 16.1. The Labute approximate surface area is 267 Å². The highest BCUT2D eigenvalue weighted by molar-refractivity contribution is 5.70. The van der Waals surface area contributed by atoms with Crippen molar-refractivity contribution >= 4 is 11.9 Å². The van der Waals surface area contributed by atoms with E-state index in [-0.39, 0.29) is 25.2 Å². The summed E-state index contributed by atoms with van der Waals surface area (Å²) in [7, 11) is 1.57. The SMILES string of the molecule is CCCCC/C=C\C/C=C\CCCCCCCC(=O)OC(COC)COC(=O)CCCCCCCCCCCCCCC. The maximum absolute atomic E-state index is 12.3. The Balaban J connectivity index is 3.69. The number of unbranched alkanes of at least 4 members (excludes halogenated alkanes) is 20. The number of ether oxygens (including phenoxy) is 3. The van der Waals surface area contributed by atoms with Gasteiger partial charge < -0.3 is 14.2 Å². The van der Waals surface area contributed by atoms with E-state index < -0.39 is 6.10 Å². The van der Waals surface area contributed by atoms with E-state index >= 15 is 0 Å². The van der Waals surface area contributed by atoms with E-state index in [0.29, 0.717) is 12.8 Å². The fourth-order valence-corrected chi connectivity index (χ4v) is 5.17. The minimum absolute atomic E-state index is 0.0685. The second-order valence-electron chi connectivity index (χ2n) is 12.2. The predicted molar refractivity (Wildman–Crippen MR) is 182 cm³/mol. The molecule has 0 aliphatic carbocycles. The number of methoxy groups -OCH3 is 1. The topological polar surface area (TPSA) is 61.8 Å². The van der Waals surface area contributed by atoms with Gasteiger partial charge in [0.2, 0.25) is 0 Å². The molecule has 0 fully saturated rings. The quantitative estimate of drug-likeness (QED) is 0.0422. The van der Waals surface area contributed by atoms with E-state index in [1.807, 2.05) is 0 Å². The molecule has 5 heteroatoms. The van der Waals surface area contributed by atoms with Crippen LogP contribution in [0.3, 0.4) is 0 Å². The number of hydrogen-bond donors (Lipinski definition) is 0. The fourth-order valence-electron chi connectivity index (χ4n) is 5.17. The molecule has 0 saturated heterocycles. The number of esters is 2. The Morgan fingerprint density at radius 3 is 1.44 bits per heavy atom. The van der Waals surface area contributed by atoms with Crippen LogP contribution in [0.4, 0.5) is 0 Å². The molecule has 252 valence electrons. The Kier molecular flexibility index (Phi) is 33.6. The zero-order chi connectivity index (χ0) is 31.5. The van der Waals surface area contributed by atoms with Crippen molar-refractivity contribution in [3.63, 3.8) is 0 Å². The van der Waals surface area contributed by atoms with Gasteiger partial charge in [-0.3, -0.25) is 9.59 Å². The molecule has 0 saturated carbocycles. The van der Waals surface area contributed by atoms with Crippen LogP contribution in [0.25, 0.3) is 0 Å². The molecule has 0 N–H and O–H groups in total. The van der Waals surface area contributed by atoms with Gasteiger partial charge in [-0.25, -0.2) is 0 Å². The molecule has 0 rings (SSSR count). The van der Waals surface area contributed by atoms with Gasteiger partial charge in [-0.1, -0.05) is 147 Å². The molecule has 1 atom stereocenters. The molecule has 0 heterocycles. The highest BCUT2D eigenvalue weighted by Crippen LogP contribution is 2.14. The molecule has 0 aliphatic rings. The number of rotatable bonds is 33. The molecule has 0 spiro atoms. The van der Waals surface area contributed by atoms with E-state index in [1.54, 1.807) is 7.11 Å². The van der Waals surface area contributed by atoms with Gasteiger partial charge in [0, 0.05) is 20.0 Å². The maximum atomic E-state index is 12.3. The largest absolute Gasteiger partial charge is 0.462 e. The number of carbonyl (C=O) groups excluding carboxylic acids is 2. The molecule has 0 aromatic heterocycles. The third-order valence-corrected chi connectivity index (χ3v) is 7.90. The zero-order valence-electron chi connectivity index (χ0n) is 28.7. The molecule has 0 aromatic carbocycles. The van der Waals surface area contributed by atoms with Crippen molar-refractivity contribution in [3.8, 4) is 0 Å². The van der Waals surface area contributed by atoms with Crippen LogP contribution in [0.5, 0.6) is 0 Å². The van der Waals surface area contributed by atoms with E-state index in [1.165, 1.54) is 109 Å². The van der Waals surface area contributed by atoms with Crippen molar-refractivity contribution in [2.75, 3.05) is 20.3 Å². The van der Waals surface area contributed by atoms with Crippen LogP contribution in [-0.2, 0) is 23.8 Å². The monoisotopic (exact) mass is 607 g/mol. The van der Waals surface area contributed by atoms with Crippen molar-refractivity contribution in [1.82, 2.24) is 0 Å². The summed E-state index contributed by atoms with van der Waals surface area (Å²) in [6.07, 6.45) is 38.7. The van der Waals surface area contributed by atoms with Gasteiger partial charge in [0.05, 0.1) is 6.61 Å². The van der Waals surface area contributed by atoms with Crippen molar-refractivity contribution in [2.24, 2.45) is 0 Å². The van der Waals surface area contributed by atoms with Crippen molar-refractivity contribution in [3.05, 3.63) is 24.3 Å². The Morgan fingerprint density at radius 2 is 0.930 bits per heavy atom. The maximum Gasteiger partial charge on any atom is 0.306 e. The highest BCUT2D eigenvalue weighted by Gasteiger charge is 2.17. The average molecular weight is 607 g/mol. The van der Waals surface area contributed by atoms with E-state index in [0.717, 1.165) is 44.9 Å². The van der Waals surface area contributed by atoms with Gasteiger partial charge in [-0.15, -0.1) is 0 Å². The van der Waals surface area contributed by atoms with Gasteiger partial charge in [0.15, 0.2) is 6.10 Å². The van der Waals surface area contributed by atoms with Crippen molar-refractivity contribution in [2.45, 2.75) is 187 Å². The molecular formula is C38H70O5. The van der Waals surface area contributed by atoms with Crippen LogP contribution in [0.1, 0.15) is 181 Å². The number of carbonyl (C=O) groups is 2. The van der Waals surface area contributed by atoms with Gasteiger partial charge in [0.25, 0.3) is 0 Å². The molecule has 0 aliphatic heterocycles. The normalized spacial score (nSPS) is 12.3. The third-order valence-electron chi connectivity index (χ3n) is 7.90. The first kappa shape index (κ1) is 41.4.